The normalized spacial score (nSPS) is 10.6. The van der Waals surface area contributed by atoms with Crippen LogP contribution in [0.15, 0.2) is 66.5 Å². The maximum atomic E-state index is 11.9. The lowest BCUT2D eigenvalue weighted by molar-refractivity contribution is 0.0919. The van der Waals surface area contributed by atoms with E-state index in [-0.39, 0.29) is 11.7 Å². The van der Waals surface area contributed by atoms with Gasteiger partial charge in [0.2, 0.25) is 0 Å². The van der Waals surface area contributed by atoms with Gasteiger partial charge in [-0.05, 0) is 52.3 Å². The molecule has 0 fully saturated rings. The monoisotopic (exact) mass is 423 g/mol. The van der Waals surface area contributed by atoms with Crippen molar-refractivity contribution in [1.29, 1.82) is 0 Å². The fourth-order valence-corrected chi connectivity index (χ4v) is 2.50. The molecule has 0 aliphatic carbocycles. The number of halogens is 2. The Bertz CT molecular complexity index is 790. The lowest BCUT2D eigenvalue weighted by Gasteiger charge is -2.01. The summed E-state index contributed by atoms with van der Waals surface area (Å²) in [7, 11) is 0. The first kappa shape index (κ1) is 15.1. The van der Waals surface area contributed by atoms with Crippen molar-refractivity contribution >= 4 is 37.8 Å². The molecule has 0 aliphatic heterocycles. The van der Waals surface area contributed by atoms with E-state index in [1.807, 2.05) is 36.4 Å². The van der Waals surface area contributed by atoms with Gasteiger partial charge in [0.25, 0.3) is 5.91 Å². The molecule has 4 nitrogen and oxygen atoms in total. The van der Waals surface area contributed by atoms with E-state index in [2.05, 4.69) is 37.2 Å². The van der Waals surface area contributed by atoms with E-state index in [0.717, 1.165) is 15.8 Å². The van der Waals surface area contributed by atoms with Crippen LogP contribution >= 0.6 is 31.9 Å². The molecule has 0 saturated carbocycles. The minimum absolute atomic E-state index is 0.256. The molecule has 1 N–H and O–H groups in total. The van der Waals surface area contributed by atoms with Gasteiger partial charge in [-0.2, -0.15) is 0 Å². The summed E-state index contributed by atoms with van der Waals surface area (Å²) >= 11 is 6.56. The number of hydrogen-bond acceptors (Lipinski definition) is 3. The molecule has 3 aromatic rings. The van der Waals surface area contributed by atoms with Gasteiger partial charge < -0.3 is 14.2 Å². The average molecular weight is 425 g/mol. The number of carbonyl (C=O) groups is 1. The lowest BCUT2D eigenvalue weighted by Crippen LogP contribution is -2.21. The van der Waals surface area contributed by atoms with Crippen LogP contribution < -0.4 is 5.32 Å². The van der Waals surface area contributed by atoms with E-state index in [1.54, 1.807) is 12.1 Å². The second-order valence-electron chi connectivity index (χ2n) is 4.56. The van der Waals surface area contributed by atoms with E-state index in [0.29, 0.717) is 17.0 Å². The quantitative estimate of drug-likeness (QED) is 0.641. The first-order valence-corrected chi connectivity index (χ1v) is 8.08. The van der Waals surface area contributed by atoms with Gasteiger partial charge in [-0.3, -0.25) is 4.79 Å². The van der Waals surface area contributed by atoms with Crippen LogP contribution in [0, 0.1) is 0 Å². The van der Waals surface area contributed by atoms with Gasteiger partial charge in [-0.15, -0.1) is 0 Å². The van der Waals surface area contributed by atoms with Crippen LogP contribution in [0.4, 0.5) is 0 Å². The van der Waals surface area contributed by atoms with Gasteiger partial charge in [0.05, 0.1) is 6.54 Å². The zero-order valence-corrected chi connectivity index (χ0v) is 14.5. The summed E-state index contributed by atoms with van der Waals surface area (Å²) in [6.45, 7) is 0.299. The Morgan fingerprint density at radius 1 is 0.955 bits per heavy atom. The predicted octanol–water partition coefficient (Wildman–Crippen LogP) is 4.99. The molecular weight excluding hydrogens is 414 g/mol. The highest BCUT2D eigenvalue weighted by atomic mass is 79.9. The molecule has 2 heterocycles. The number of furan rings is 2. The fourth-order valence-electron chi connectivity index (χ4n) is 1.93. The van der Waals surface area contributed by atoms with E-state index in [9.17, 15) is 4.79 Å². The molecule has 1 aromatic carbocycles. The molecule has 6 heteroatoms. The van der Waals surface area contributed by atoms with E-state index >= 15 is 0 Å². The van der Waals surface area contributed by atoms with Crippen molar-refractivity contribution in [3.63, 3.8) is 0 Å². The van der Waals surface area contributed by atoms with Crippen molar-refractivity contribution in [2.75, 3.05) is 0 Å². The lowest BCUT2D eigenvalue weighted by atomic mass is 10.2. The molecule has 0 aliphatic rings. The summed E-state index contributed by atoms with van der Waals surface area (Å²) in [5.74, 6) is 1.41. The van der Waals surface area contributed by atoms with Crippen LogP contribution in [0.1, 0.15) is 16.3 Å². The van der Waals surface area contributed by atoms with Gasteiger partial charge >= 0.3 is 0 Å². The number of nitrogens with one attached hydrogen (secondary N) is 1. The van der Waals surface area contributed by atoms with Crippen LogP contribution in [0.5, 0.6) is 0 Å². The van der Waals surface area contributed by atoms with Crippen LogP contribution in [0.3, 0.4) is 0 Å². The molecule has 0 unspecified atom stereocenters. The van der Waals surface area contributed by atoms with Crippen molar-refractivity contribution in [2.24, 2.45) is 0 Å². The summed E-state index contributed by atoms with van der Waals surface area (Å²) in [6, 6.07) is 14.8. The highest BCUT2D eigenvalue weighted by molar-refractivity contribution is 9.10. The topological polar surface area (TPSA) is 55.4 Å². The summed E-state index contributed by atoms with van der Waals surface area (Å²) < 4.78 is 12.5. The van der Waals surface area contributed by atoms with E-state index in [1.165, 1.54) is 0 Å². The van der Waals surface area contributed by atoms with E-state index in [4.69, 9.17) is 8.83 Å². The van der Waals surface area contributed by atoms with Gasteiger partial charge in [0, 0.05) is 10.0 Å². The van der Waals surface area contributed by atoms with Gasteiger partial charge in [-0.1, -0.05) is 28.1 Å². The molecule has 22 heavy (non-hydrogen) atoms. The van der Waals surface area contributed by atoms with Crippen molar-refractivity contribution in [3.8, 4) is 11.3 Å². The van der Waals surface area contributed by atoms with Crippen LogP contribution in [0.2, 0.25) is 0 Å². The highest BCUT2D eigenvalue weighted by Crippen LogP contribution is 2.24. The molecule has 0 radical (unpaired) electrons. The number of benzene rings is 1. The average Bonchev–Trinajstić information content (AvgIpc) is 3.15. The third kappa shape index (κ3) is 3.51. The summed E-state index contributed by atoms with van der Waals surface area (Å²) in [6.07, 6.45) is 0. The Morgan fingerprint density at radius 3 is 2.41 bits per heavy atom. The standard InChI is InChI=1S/C16H11Br2NO3/c17-11-3-1-10(2-4-11)13-6-5-12(21-13)9-19-16(20)14-7-8-15(18)22-14/h1-8H,9H2,(H,19,20). The van der Waals surface area contributed by atoms with Crippen LogP contribution in [0.25, 0.3) is 11.3 Å². The maximum absolute atomic E-state index is 11.9. The molecule has 0 saturated heterocycles. The minimum atomic E-state index is -0.285. The number of hydrogen-bond donors (Lipinski definition) is 1. The number of rotatable bonds is 4. The van der Waals surface area contributed by atoms with Gasteiger partial charge in [0.1, 0.15) is 11.5 Å². The van der Waals surface area contributed by atoms with Crippen molar-refractivity contribution in [3.05, 3.63) is 69.2 Å². The summed E-state index contributed by atoms with van der Waals surface area (Å²) in [5, 5.41) is 2.75. The van der Waals surface area contributed by atoms with Crippen molar-refractivity contribution < 1.29 is 13.6 Å². The maximum Gasteiger partial charge on any atom is 0.287 e. The molecule has 1 amide bonds. The van der Waals surface area contributed by atoms with Gasteiger partial charge in [0.15, 0.2) is 10.4 Å². The largest absolute Gasteiger partial charge is 0.459 e. The summed E-state index contributed by atoms with van der Waals surface area (Å²) in [4.78, 5) is 11.9. The zero-order valence-electron chi connectivity index (χ0n) is 11.3. The summed E-state index contributed by atoms with van der Waals surface area (Å²) in [5.41, 5.74) is 0.982. The Kier molecular flexibility index (Phi) is 4.49. The second kappa shape index (κ2) is 6.54. The van der Waals surface area contributed by atoms with E-state index < -0.39 is 0 Å². The SMILES string of the molecule is O=C(NCc1ccc(-c2ccc(Br)cc2)o1)c1ccc(Br)o1. The fraction of sp³-hybridized carbons (Fsp3) is 0.0625. The first-order chi connectivity index (χ1) is 10.6. The molecule has 0 bridgehead atoms. The van der Waals surface area contributed by atoms with Crippen molar-refractivity contribution in [1.82, 2.24) is 5.32 Å². The Morgan fingerprint density at radius 2 is 1.73 bits per heavy atom. The number of amides is 1. The van der Waals surface area contributed by atoms with Gasteiger partial charge in [-0.25, -0.2) is 0 Å². The molecule has 2 aromatic heterocycles. The third-order valence-corrected chi connectivity index (χ3v) is 3.97. The zero-order chi connectivity index (χ0) is 15.5. The highest BCUT2D eigenvalue weighted by Gasteiger charge is 2.11. The third-order valence-electron chi connectivity index (χ3n) is 3.01. The molecule has 112 valence electrons. The Labute approximate surface area is 143 Å². The second-order valence-corrected chi connectivity index (χ2v) is 6.26. The molecule has 3 rings (SSSR count). The van der Waals surface area contributed by atoms with Crippen LogP contribution in [-0.2, 0) is 6.54 Å². The Hall–Kier alpha value is -1.79. The number of carbonyl (C=O) groups excluding carboxylic acids is 1. The van der Waals surface area contributed by atoms with Crippen LogP contribution in [-0.4, -0.2) is 5.91 Å². The molecular formula is C16H11Br2NO3. The first-order valence-electron chi connectivity index (χ1n) is 6.50. The predicted molar refractivity (Wildman–Crippen MR) is 89.4 cm³/mol. The van der Waals surface area contributed by atoms with Crippen molar-refractivity contribution in [2.45, 2.75) is 6.54 Å². The molecule has 0 spiro atoms. The molecule has 0 atom stereocenters. The minimum Gasteiger partial charge on any atom is -0.459 e. The Balaban J connectivity index is 1.64. The smallest absolute Gasteiger partial charge is 0.287 e.